The third kappa shape index (κ3) is 2.94. The standard InChI is InChI=1S/C11H14ClN3O4/c1-7-6-19-9(5-16)4-14(7)11-10(15(17)18)2-8(12)3-13-11/h2-3,7,9,16H,4-6H2,1H3. The molecule has 7 nitrogen and oxygen atoms in total. The Kier molecular flexibility index (Phi) is 4.18. The molecule has 0 aromatic carbocycles. The van der Waals surface area contributed by atoms with Gasteiger partial charge in [-0.05, 0) is 6.92 Å². The van der Waals surface area contributed by atoms with Crippen molar-refractivity contribution in [3.63, 3.8) is 0 Å². The lowest BCUT2D eigenvalue weighted by Gasteiger charge is -2.37. The summed E-state index contributed by atoms with van der Waals surface area (Å²) in [5, 5.41) is 20.4. The number of ether oxygens (including phenoxy) is 1. The molecule has 0 amide bonds. The number of aliphatic hydroxyl groups is 1. The van der Waals surface area contributed by atoms with E-state index >= 15 is 0 Å². The normalized spacial score (nSPS) is 23.4. The Hall–Kier alpha value is -1.44. The van der Waals surface area contributed by atoms with Gasteiger partial charge < -0.3 is 14.7 Å². The maximum Gasteiger partial charge on any atom is 0.313 e. The highest BCUT2D eigenvalue weighted by Crippen LogP contribution is 2.31. The number of hydrogen-bond acceptors (Lipinski definition) is 6. The quantitative estimate of drug-likeness (QED) is 0.664. The molecule has 0 bridgehead atoms. The Labute approximate surface area is 114 Å². The van der Waals surface area contributed by atoms with Crippen LogP contribution in [0.4, 0.5) is 11.5 Å². The third-order valence-electron chi connectivity index (χ3n) is 2.99. The number of nitrogens with zero attached hydrogens (tertiary/aromatic N) is 3. The summed E-state index contributed by atoms with van der Waals surface area (Å²) in [5.74, 6) is 0.253. The van der Waals surface area contributed by atoms with E-state index in [1.54, 1.807) is 4.90 Å². The van der Waals surface area contributed by atoms with E-state index in [4.69, 9.17) is 21.4 Å². The first kappa shape index (κ1) is 14.0. The van der Waals surface area contributed by atoms with Gasteiger partial charge in [0, 0.05) is 18.8 Å². The van der Waals surface area contributed by atoms with Gasteiger partial charge in [0.2, 0.25) is 5.82 Å². The molecule has 8 heteroatoms. The molecule has 2 atom stereocenters. The molecule has 0 radical (unpaired) electrons. The van der Waals surface area contributed by atoms with Crippen molar-refractivity contribution in [2.24, 2.45) is 0 Å². The van der Waals surface area contributed by atoms with Crippen LogP contribution in [-0.2, 0) is 4.74 Å². The fourth-order valence-electron chi connectivity index (χ4n) is 2.00. The molecule has 0 aliphatic carbocycles. The highest BCUT2D eigenvalue weighted by Gasteiger charge is 2.31. The van der Waals surface area contributed by atoms with Crippen molar-refractivity contribution in [2.75, 3.05) is 24.7 Å². The smallest absolute Gasteiger partial charge is 0.313 e. The topological polar surface area (TPSA) is 88.7 Å². The number of hydrogen-bond donors (Lipinski definition) is 1. The first-order valence-corrected chi connectivity index (χ1v) is 6.19. The summed E-state index contributed by atoms with van der Waals surface area (Å²) in [4.78, 5) is 16.4. The second-order valence-electron chi connectivity index (χ2n) is 4.39. The maximum absolute atomic E-state index is 11.1. The van der Waals surface area contributed by atoms with E-state index in [1.807, 2.05) is 6.92 Å². The minimum absolute atomic E-state index is 0.0600. The molecular weight excluding hydrogens is 274 g/mol. The van der Waals surface area contributed by atoms with Crippen molar-refractivity contribution in [2.45, 2.75) is 19.1 Å². The van der Waals surface area contributed by atoms with E-state index in [1.165, 1.54) is 12.3 Å². The zero-order valence-electron chi connectivity index (χ0n) is 10.3. The molecule has 1 N–H and O–H groups in total. The highest BCUT2D eigenvalue weighted by atomic mass is 35.5. The number of halogens is 1. The highest BCUT2D eigenvalue weighted by molar-refractivity contribution is 6.30. The van der Waals surface area contributed by atoms with Crippen molar-refractivity contribution >= 4 is 23.1 Å². The third-order valence-corrected chi connectivity index (χ3v) is 3.20. The zero-order valence-corrected chi connectivity index (χ0v) is 11.1. The number of aromatic nitrogens is 1. The van der Waals surface area contributed by atoms with Gasteiger partial charge in [-0.15, -0.1) is 0 Å². The van der Waals surface area contributed by atoms with Crippen LogP contribution in [0.1, 0.15) is 6.92 Å². The summed E-state index contributed by atoms with van der Waals surface area (Å²) in [7, 11) is 0. The number of rotatable bonds is 3. The van der Waals surface area contributed by atoms with Crippen LogP contribution in [0.3, 0.4) is 0 Å². The number of morpholine rings is 1. The number of pyridine rings is 1. The molecule has 0 saturated carbocycles. The van der Waals surface area contributed by atoms with Crippen LogP contribution in [0.25, 0.3) is 0 Å². The Bertz CT molecular complexity index is 485. The average molecular weight is 288 g/mol. The molecule has 19 heavy (non-hydrogen) atoms. The van der Waals surface area contributed by atoms with Crippen LogP contribution in [0, 0.1) is 10.1 Å². The molecule has 1 aromatic rings. The van der Waals surface area contributed by atoms with E-state index in [0.29, 0.717) is 13.2 Å². The molecule has 1 aromatic heterocycles. The van der Waals surface area contributed by atoms with Crippen LogP contribution < -0.4 is 4.90 Å². The fourth-order valence-corrected chi connectivity index (χ4v) is 2.15. The van der Waals surface area contributed by atoms with Gasteiger partial charge in [0.15, 0.2) is 0 Å². The van der Waals surface area contributed by atoms with Gasteiger partial charge in [-0.2, -0.15) is 0 Å². The molecule has 104 valence electrons. The molecule has 1 aliphatic heterocycles. The lowest BCUT2D eigenvalue weighted by molar-refractivity contribution is -0.384. The Morgan fingerprint density at radius 3 is 3.11 bits per heavy atom. The summed E-state index contributed by atoms with van der Waals surface area (Å²) in [6.07, 6.45) is 1.01. The minimum Gasteiger partial charge on any atom is -0.394 e. The van der Waals surface area contributed by atoms with Gasteiger partial charge in [0.05, 0.1) is 35.3 Å². The molecule has 2 heterocycles. The van der Waals surface area contributed by atoms with E-state index in [9.17, 15) is 10.1 Å². The first-order valence-electron chi connectivity index (χ1n) is 5.82. The molecule has 2 rings (SSSR count). The minimum atomic E-state index is -0.510. The van der Waals surface area contributed by atoms with Gasteiger partial charge in [-0.1, -0.05) is 11.6 Å². The SMILES string of the molecule is CC1COC(CO)CN1c1ncc(Cl)cc1[N+](=O)[O-]. The second-order valence-corrected chi connectivity index (χ2v) is 4.83. The summed E-state index contributed by atoms with van der Waals surface area (Å²) in [6, 6.07) is 1.22. The number of nitro groups is 1. The Balaban J connectivity index is 2.36. The molecule has 0 spiro atoms. The Morgan fingerprint density at radius 1 is 1.74 bits per heavy atom. The number of aliphatic hydroxyl groups excluding tert-OH is 1. The lowest BCUT2D eigenvalue weighted by Crippen LogP contribution is -2.50. The van der Waals surface area contributed by atoms with E-state index < -0.39 is 4.92 Å². The van der Waals surface area contributed by atoms with Crippen LogP contribution in [0.2, 0.25) is 5.02 Å². The van der Waals surface area contributed by atoms with Crippen molar-refractivity contribution in [1.29, 1.82) is 0 Å². The summed E-state index contributed by atoms with van der Waals surface area (Å²) in [5.41, 5.74) is -0.141. The van der Waals surface area contributed by atoms with Gasteiger partial charge >= 0.3 is 5.69 Å². The van der Waals surface area contributed by atoms with Crippen LogP contribution in [-0.4, -0.2) is 46.9 Å². The average Bonchev–Trinajstić information content (AvgIpc) is 2.39. The molecule has 2 unspecified atom stereocenters. The van der Waals surface area contributed by atoms with Crippen molar-refractivity contribution < 1.29 is 14.8 Å². The van der Waals surface area contributed by atoms with Crippen LogP contribution in [0.5, 0.6) is 0 Å². The number of anilines is 1. The summed E-state index contributed by atoms with van der Waals surface area (Å²) < 4.78 is 5.40. The monoisotopic (exact) mass is 287 g/mol. The second kappa shape index (κ2) is 5.68. The van der Waals surface area contributed by atoms with Crippen LogP contribution >= 0.6 is 11.6 Å². The van der Waals surface area contributed by atoms with Crippen molar-refractivity contribution in [3.05, 3.63) is 27.4 Å². The molecule has 1 fully saturated rings. The van der Waals surface area contributed by atoms with Gasteiger partial charge in [0.1, 0.15) is 0 Å². The van der Waals surface area contributed by atoms with E-state index in [0.717, 1.165) is 0 Å². The molecule has 1 aliphatic rings. The zero-order chi connectivity index (χ0) is 14.0. The van der Waals surface area contributed by atoms with E-state index in [-0.39, 0.29) is 35.3 Å². The first-order chi connectivity index (χ1) is 9.02. The predicted molar refractivity (Wildman–Crippen MR) is 69.5 cm³/mol. The predicted octanol–water partition coefficient (Wildman–Crippen LogP) is 1.23. The Morgan fingerprint density at radius 2 is 2.47 bits per heavy atom. The van der Waals surface area contributed by atoms with Gasteiger partial charge in [0.25, 0.3) is 0 Å². The molecular formula is C11H14ClN3O4. The van der Waals surface area contributed by atoms with Gasteiger partial charge in [-0.3, -0.25) is 10.1 Å². The van der Waals surface area contributed by atoms with Crippen molar-refractivity contribution in [3.8, 4) is 0 Å². The van der Waals surface area contributed by atoms with Gasteiger partial charge in [-0.25, -0.2) is 4.98 Å². The summed E-state index contributed by atoms with van der Waals surface area (Å²) in [6.45, 7) is 2.48. The summed E-state index contributed by atoms with van der Waals surface area (Å²) >= 11 is 5.74. The van der Waals surface area contributed by atoms with E-state index in [2.05, 4.69) is 4.98 Å². The van der Waals surface area contributed by atoms with Crippen molar-refractivity contribution in [1.82, 2.24) is 4.98 Å². The lowest BCUT2D eigenvalue weighted by atomic mass is 10.2. The van der Waals surface area contributed by atoms with Crippen LogP contribution in [0.15, 0.2) is 12.3 Å². The fraction of sp³-hybridized carbons (Fsp3) is 0.545. The largest absolute Gasteiger partial charge is 0.394 e. The maximum atomic E-state index is 11.1. The molecule has 1 saturated heterocycles.